The fourth-order valence-corrected chi connectivity index (χ4v) is 3.66. The minimum absolute atomic E-state index is 0.160. The van der Waals surface area contributed by atoms with Crippen LogP contribution in [0.3, 0.4) is 0 Å². The van der Waals surface area contributed by atoms with Gasteiger partial charge in [-0.05, 0) is 36.6 Å². The van der Waals surface area contributed by atoms with Crippen molar-refractivity contribution in [3.63, 3.8) is 0 Å². The van der Waals surface area contributed by atoms with Crippen molar-refractivity contribution in [2.45, 2.75) is 33.7 Å². The Hall–Kier alpha value is -3.74. The topological polar surface area (TPSA) is 78.8 Å². The first-order chi connectivity index (χ1) is 16.4. The minimum atomic E-state index is -0.496. The molecule has 7 nitrogen and oxygen atoms in total. The van der Waals surface area contributed by atoms with E-state index in [2.05, 4.69) is 5.32 Å². The zero-order valence-electron chi connectivity index (χ0n) is 20.4. The molecule has 34 heavy (non-hydrogen) atoms. The van der Waals surface area contributed by atoms with E-state index in [1.54, 1.807) is 27.2 Å². The molecule has 0 spiro atoms. The van der Waals surface area contributed by atoms with Gasteiger partial charge in [0.2, 0.25) is 5.91 Å². The lowest BCUT2D eigenvalue weighted by atomic mass is 10.0. The second kappa shape index (κ2) is 11.4. The highest BCUT2D eigenvalue weighted by atomic mass is 16.5. The van der Waals surface area contributed by atoms with Crippen LogP contribution in [-0.4, -0.2) is 37.3 Å². The molecule has 0 aliphatic carbocycles. The molecule has 1 N–H and O–H groups in total. The molecule has 1 amide bonds. The number of nitrogens with zero attached hydrogens (tertiary/aromatic N) is 1. The molecule has 1 unspecified atom stereocenters. The highest BCUT2D eigenvalue weighted by Gasteiger charge is 2.27. The predicted molar refractivity (Wildman–Crippen MR) is 133 cm³/mol. The summed E-state index contributed by atoms with van der Waals surface area (Å²) in [4.78, 5) is 26.1. The Bertz CT molecular complexity index is 1140. The van der Waals surface area contributed by atoms with Gasteiger partial charge in [-0.25, -0.2) is 4.79 Å². The number of hydrogen-bond acceptors (Lipinski definition) is 5. The van der Waals surface area contributed by atoms with Gasteiger partial charge in [-0.2, -0.15) is 0 Å². The molecule has 1 atom stereocenters. The van der Waals surface area contributed by atoms with Crippen LogP contribution in [0.2, 0.25) is 0 Å². The van der Waals surface area contributed by atoms with E-state index < -0.39 is 5.97 Å². The van der Waals surface area contributed by atoms with Crippen LogP contribution in [0, 0.1) is 5.92 Å². The molecule has 7 heteroatoms. The molecular weight excluding hydrogens is 432 g/mol. The Morgan fingerprint density at radius 3 is 2.32 bits per heavy atom. The summed E-state index contributed by atoms with van der Waals surface area (Å²) in [7, 11) is 3.14. The van der Waals surface area contributed by atoms with E-state index >= 15 is 0 Å². The summed E-state index contributed by atoms with van der Waals surface area (Å²) in [5, 5.41) is 3.01. The summed E-state index contributed by atoms with van der Waals surface area (Å²) in [6.45, 7) is 6.23. The Labute approximate surface area is 200 Å². The normalized spacial score (nSPS) is 11.6. The molecule has 0 aliphatic rings. The Kier molecular flexibility index (Phi) is 8.35. The average molecular weight is 465 g/mol. The third-order valence-corrected chi connectivity index (χ3v) is 5.75. The molecule has 180 valence electrons. The summed E-state index contributed by atoms with van der Waals surface area (Å²) in [6.07, 6.45) is 2.55. The van der Waals surface area contributed by atoms with Gasteiger partial charge in [-0.15, -0.1) is 0 Å². The molecule has 1 heterocycles. The first kappa shape index (κ1) is 24.9. The molecule has 3 rings (SSSR count). The van der Waals surface area contributed by atoms with Gasteiger partial charge in [0.15, 0.2) is 17.2 Å². The lowest BCUT2D eigenvalue weighted by molar-refractivity contribution is -0.119. The van der Waals surface area contributed by atoms with Crippen molar-refractivity contribution in [1.29, 1.82) is 0 Å². The van der Waals surface area contributed by atoms with E-state index in [9.17, 15) is 9.59 Å². The van der Waals surface area contributed by atoms with Gasteiger partial charge >= 0.3 is 5.97 Å². The number of carbonyl (C=O) groups excluding carboxylic acids is 2. The first-order valence-corrected chi connectivity index (χ1v) is 11.4. The number of rotatable bonds is 10. The maximum atomic E-state index is 13.1. The summed E-state index contributed by atoms with van der Waals surface area (Å²) in [5.41, 5.74) is 3.20. The SMILES string of the molecule is CCOC(=O)c1c(NC(=O)C(C)CC)c(-c2ccc(OC)c(OC)c2)cn1Cc1ccccc1. The fourth-order valence-electron chi connectivity index (χ4n) is 3.66. The molecule has 0 saturated carbocycles. The zero-order valence-corrected chi connectivity index (χ0v) is 20.4. The van der Waals surface area contributed by atoms with Gasteiger partial charge in [-0.1, -0.05) is 50.2 Å². The minimum Gasteiger partial charge on any atom is -0.493 e. The van der Waals surface area contributed by atoms with Crippen molar-refractivity contribution in [2.24, 2.45) is 5.92 Å². The van der Waals surface area contributed by atoms with Crippen molar-refractivity contribution in [3.05, 3.63) is 66.0 Å². The van der Waals surface area contributed by atoms with E-state index in [1.165, 1.54) is 0 Å². The van der Waals surface area contributed by atoms with Crippen LogP contribution in [0.4, 0.5) is 5.69 Å². The number of nitrogens with one attached hydrogen (secondary N) is 1. The summed E-state index contributed by atoms with van der Waals surface area (Å²) >= 11 is 0. The monoisotopic (exact) mass is 464 g/mol. The number of aromatic nitrogens is 1. The van der Waals surface area contributed by atoms with Crippen molar-refractivity contribution in [2.75, 3.05) is 26.1 Å². The second-order valence-corrected chi connectivity index (χ2v) is 7.97. The van der Waals surface area contributed by atoms with Gasteiger partial charge in [0, 0.05) is 24.2 Å². The number of benzene rings is 2. The molecule has 1 aromatic heterocycles. The molecule has 0 fully saturated rings. The lowest BCUT2D eigenvalue weighted by Gasteiger charge is -2.15. The highest BCUT2D eigenvalue weighted by Crippen LogP contribution is 2.39. The van der Waals surface area contributed by atoms with E-state index in [-0.39, 0.29) is 18.4 Å². The van der Waals surface area contributed by atoms with E-state index in [0.29, 0.717) is 41.4 Å². The molecule has 0 saturated heterocycles. The van der Waals surface area contributed by atoms with Crippen LogP contribution in [0.5, 0.6) is 11.5 Å². The first-order valence-electron chi connectivity index (χ1n) is 11.4. The average Bonchev–Trinajstić information content (AvgIpc) is 3.21. The zero-order chi connectivity index (χ0) is 24.7. The molecule has 0 bridgehead atoms. The fraction of sp³-hybridized carbons (Fsp3) is 0.333. The maximum absolute atomic E-state index is 13.1. The number of esters is 1. The van der Waals surface area contributed by atoms with Crippen molar-refractivity contribution in [1.82, 2.24) is 4.57 Å². The quantitative estimate of drug-likeness (QED) is 0.408. The molecule has 0 radical (unpaired) electrons. The Balaban J connectivity index is 2.22. The van der Waals surface area contributed by atoms with Gasteiger partial charge in [0.05, 0.1) is 26.5 Å². The number of anilines is 1. The maximum Gasteiger partial charge on any atom is 0.357 e. The van der Waals surface area contributed by atoms with E-state index in [1.807, 2.05) is 67.1 Å². The smallest absolute Gasteiger partial charge is 0.357 e. The van der Waals surface area contributed by atoms with Gasteiger partial charge in [-0.3, -0.25) is 4.79 Å². The second-order valence-electron chi connectivity index (χ2n) is 7.97. The molecule has 0 aliphatic heterocycles. The highest BCUT2D eigenvalue weighted by molar-refractivity contribution is 6.06. The molecule has 3 aromatic rings. The Morgan fingerprint density at radius 1 is 1.00 bits per heavy atom. The van der Waals surface area contributed by atoms with Crippen molar-refractivity contribution < 1.29 is 23.8 Å². The van der Waals surface area contributed by atoms with Crippen LogP contribution in [-0.2, 0) is 16.1 Å². The van der Waals surface area contributed by atoms with Crippen LogP contribution in [0.1, 0.15) is 43.2 Å². The number of amides is 1. The van der Waals surface area contributed by atoms with Crippen LogP contribution < -0.4 is 14.8 Å². The number of methoxy groups -OCH3 is 2. The summed E-state index contributed by atoms with van der Waals surface area (Å²) in [5.74, 6) is 0.265. The standard InChI is InChI=1S/C27H32N2O5/c1-6-18(3)26(30)28-24-21(20-13-14-22(32-4)23(15-20)33-5)17-29(25(24)27(31)34-7-2)16-19-11-9-8-10-12-19/h8-15,17-18H,6-7,16H2,1-5H3,(H,28,30). The van der Waals surface area contributed by atoms with Crippen LogP contribution >= 0.6 is 0 Å². The van der Waals surface area contributed by atoms with Crippen LogP contribution in [0.15, 0.2) is 54.7 Å². The van der Waals surface area contributed by atoms with Crippen molar-refractivity contribution >= 4 is 17.6 Å². The van der Waals surface area contributed by atoms with Gasteiger partial charge in [0.25, 0.3) is 0 Å². The lowest BCUT2D eigenvalue weighted by Crippen LogP contribution is -2.22. The van der Waals surface area contributed by atoms with Gasteiger partial charge in [0.1, 0.15) is 0 Å². The summed E-state index contributed by atoms with van der Waals surface area (Å²) in [6, 6.07) is 15.3. The molecular formula is C27H32N2O5. The third-order valence-electron chi connectivity index (χ3n) is 5.75. The largest absolute Gasteiger partial charge is 0.493 e. The van der Waals surface area contributed by atoms with E-state index in [4.69, 9.17) is 14.2 Å². The Morgan fingerprint density at radius 2 is 1.71 bits per heavy atom. The van der Waals surface area contributed by atoms with E-state index in [0.717, 1.165) is 11.1 Å². The van der Waals surface area contributed by atoms with Crippen LogP contribution in [0.25, 0.3) is 11.1 Å². The predicted octanol–water partition coefficient (Wildman–Crippen LogP) is 5.38. The number of carbonyl (C=O) groups is 2. The molecule has 2 aromatic carbocycles. The number of ether oxygens (including phenoxy) is 3. The third kappa shape index (κ3) is 5.42. The summed E-state index contributed by atoms with van der Waals surface area (Å²) < 4.78 is 18.1. The van der Waals surface area contributed by atoms with Crippen molar-refractivity contribution in [3.8, 4) is 22.6 Å². The van der Waals surface area contributed by atoms with Gasteiger partial charge < -0.3 is 24.1 Å². The number of hydrogen-bond donors (Lipinski definition) is 1.